The molecule has 0 aromatic heterocycles. The third kappa shape index (κ3) is 3.05. The second-order valence-electron chi connectivity index (χ2n) is 5.19. The zero-order chi connectivity index (χ0) is 13.3. The van der Waals surface area contributed by atoms with Crippen molar-refractivity contribution in [3.8, 4) is 0 Å². The molecule has 0 saturated heterocycles. The summed E-state index contributed by atoms with van der Waals surface area (Å²) in [5.74, 6) is 0.452. The molecule has 0 unspecified atom stereocenters. The van der Waals surface area contributed by atoms with Crippen molar-refractivity contribution in [2.45, 2.75) is 44.8 Å². The van der Waals surface area contributed by atoms with Gasteiger partial charge in [-0.1, -0.05) is 13.0 Å². The number of hydrogen-bond donors (Lipinski definition) is 1. The van der Waals surface area contributed by atoms with E-state index in [1.807, 2.05) is 13.0 Å². The standard InChI is InChI=1S/C14H18F3N/c1-2-9-3-10(4-11-7-13(18)8-11)6-12(5-9)14(15,16)17/h3,5-6,11,13H,2,4,7-8,18H2,1H3. The molecule has 1 aliphatic rings. The number of alkyl halides is 3. The third-order valence-electron chi connectivity index (χ3n) is 3.58. The summed E-state index contributed by atoms with van der Waals surface area (Å²) in [5, 5.41) is 0. The lowest BCUT2D eigenvalue weighted by atomic mass is 9.77. The Morgan fingerprint density at radius 2 is 1.78 bits per heavy atom. The molecule has 100 valence electrons. The molecule has 1 fully saturated rings. The predicted octanol–water partition coefficient (Wildman–Crippen LogP) is 3.55. The van der Waals surface area contributed by atoms with E-state index in [4.69, 9.17) is 5.73 Å². The van der Waals surface area contributed by atoms with Gasteiger partial charge in [-0.2, -0.15) is 13.2 Å². The molecule has 0 bridgehead atoms. The summed E-state index contributed by atoms with van der Waals surface area (Å²) in [7, 11) is 0. The van der Waals surface area contributed by atoms with Gasteiger partial charge in [0.25, 0.3) is 0 Å². The molecular weight excluding hydrogens is 239 g/mol. The van der Waals surface area contributed by atoms with Crippen LogP contribution < -0.4 is 5.73 Å². The highest BCUT2D eigenvalue weighted by Crippen LogP contribution is 2.34. The van der Waals surface area contributed by atoms with Gasteiger partial charge < -0.3 is 5.73 Å². The van der Waals surface area contributed by atoms with Crippen molar-refractivity contribution in [2.24, 2.45) is 11.7 Å². The van der Waals surface area contributed by atoms with Gasteiger partial charge in [0.15, 0.2) is 0 Å². The molecule has 2 rings (SSSR count). The smallest absolute Gasteiger partial charge is 0.328 e. The highest BCUT2D eigenvalue weighted by molar-refractivity contribution is 5.32. The summed E-state index contributed by atoms with van der Waals surface area (Å²) in [6.07, 6.45) is -1.06. The maximum absolute atomic E-state index is 12.8. The van der Waals surface area contributed by atoms with Crippen molar-refractivity contribution in [3.63, 3.8) is 0 Å². The molecule has 4 heteroatoms. The topological polar surface area (TPSA) is 26.0 Å². The molecule has 1 aromatic rings. The van der Waals surface area contributed by atoms with Crippen LogP contribution in [0.2, 0.25) is 0 Å². The largest absolute Gasteiger partial charge is 0.416 e. The van der Waals surface area contributed by atoms with Crippen LogP contribution in [0.1, 0.15) is 36.5 Å². The first kappa shape index (κ1) is 13.4. The fourth-order valence-corrected chi connectivity index (χ4v) is 2.54. The maximum Gasteiger partial charge on any atom is 0.416 e. The van der Waals surface area contributed by atoms with E-state index in [0.29, 0.717) is 18.8 Å². The van der Waals surface area contributed by atoms with Crippen LogP contribution >= 0.6 is 0 Å². The normalized spacial score (nSPS) is 23.8. The number of rotatable bonds is 3. The highest BCUT2D eigenvalue weighted by atomic mass is 19.4. The number of nitrogens with two attached hydrogens (primary N) is 1. The number of halogens is 3. The molecular formula is C14H18F3N. The van der Waals surface area contributed by atoms with Gasteiger partial charge in [-0.3, -0.25) is 0 Å². The molecule has 0 spiro atoms. The van der Waals surface area contributed by atoms with Crippen molar-refractivity contribution < 1.29 is 13.2 Å². The molecule has 0 aliphatic heterocycles. The molecule has 18 heavy (non-hydrogen) atoms. The zero-order valence-corrected chi connectivity index (χ0v) is 10.4. The Labute approximate surface area is 105 Å². The third-order valence-corrected chi connectivity index (χ3v) is 3.58. The van der Waals surface area contributed by atoms with Crippen LogP contribution in [0.3, 0.4) is 0 Å². The van der Waals surface area contributed by atoms with Gasteiger partial charge >= 0.3 is 6.18 Å². The Bertz CT molecular complexity index is 420. The zero-order valence-electron chi connectivity index (χ0n) is 10.4. The van der Waals surface area contributed by atoms with Crippen LogP contribution in [-0.4, -0.2) is 6.04 Å². The van der Waals surface area contributed by atoms with Gasteiger partial charge in [-0.05, 0) is 54.9 Å². The van der Waals surface area contributed by atoms with Crippen molar-refractivity contribution in [1.29, 1.82) is 0 Å². The average molecular weight is 257 g/mol. The lowest BCUT2D eigenvalue weighted by Gasteiger charge is -2.32. The Hall–Kier alpha value is -1.03. The van der Waals surface area contributed by atoms with E-state index in [9.17, 15) is 13.2 Å². The number of benzene rings is 1. The Morgan fingerprint density at radius 3 is 2.28 bits per heavy atom. The van der Waals surface area contributed by atoms with Gasteiger partial charge in [0.2, 0.25) is 0 Å². The van der Waals surface area contributed by atoms with Gasteiger partial charge in [-0.25, -0.2) is 0 Å². The lowest BCUT2D eigenvalue weighted by Crippen LogP contribution is -2.37. The van der Waals surface area contributed by atoms with E-state index in [-0.39, 0.29) is 6.04 Å². The summed E-state index contributed by atoms with van der Waals surface area (Å²) in [5.41, 5.74) is 6.71. The first-order valence-corrected chi connectivity index (χ1v) is 6.34. The van der Waals surface area contributed by atoms with Gasteiger partial charge in [-0.15, -0.1) is 0 Å². The van der Waals surface area contributed by atoms with Crippen LogP contribution in [0, 0.1) is 5.92 Å². The lowest BCUT2D eigenvalue weighted by molar-refractivity contribution is -0.137. The van der Waals surface area contributed by atoms with E-state index >= 15 is 0 Å². The molecule has 1 aliphatic carbocycles. The summed E-state index contributed by atoms with van der Waals surface area (Å²) in [6, 6.07) is 4.66. The SMILES string of the molecule is CCc1cc(CC2CC(N)C2)cc(C(F)(F)F)c1. The summed E-state index contributed by atoms with van der Waals surface area (Å²) in [4.78, 5) is 0. The number of hydrogen-bond acceptors (Lipinski definition) is 1. The van der Waals surface area contributed by atoms with Crippen LogP contribution in [0.15, 0.2) is 18.2 Å². The molecule has 0 heterocycles. The van der Waals surface area contributed by atoms with Crippen molar-refractivity contribution >= 4 is 0 Å². The van der Waals surface area contributed by atoms with E-state index in [1.165, 1.54) is 12.1 Å². The molecule has 0 atom stereocenters. The predicted molar refractivity (Wildman–Crippen MR) is 65.2 cm³/mol. The van der Waals surface area contributed by atoms with E-state index < -0.39 is 11.7 Å². The first-order chi connectivity index (χ1) is 8.38. The van der Waals surface area contributed by atoms with Crippen LogP contribution in [0.25, 0.3) is 0 Å². The Morgan fingerprint density at radius 1 is 1.17 bits per heavy atom. The molecule has 0 radical (unpaired) electrons. The maximum atomic E-state index is 12.8. The number of aryl methyl sites for hydroxylation is 1. The van der Waals surface area contributed by atoms with Gasteiger partial charge in [0.05, 0.1) is 5.56 Å². The minimum absolute atomic E-state index is 0.242. The molecule has 1 nitrogen and oxygen atoms in total. The first-order valence-electron chi connectivity index (χ1n) is 6.34. The van der Waals surface area contributed by atoms with E-state index in [0.717, 1.165) is 24.0 Å². The fraction of sp³-hybridized carbons (Fsp3) is 0.571. The highest BCUT2D eigenvalue weighted by Gasteiger charge is 2.32. The Balaban J connectivity index is 2.18. The van der Waals surface area contributed by atoms with Crippen molar-refractivity contribution in [2.75, 3.05) is 0 Å². The summed E-state index contributed by atoms with van der Waals surface area (Å²) < 4.78 is 38.3. The quantitative estimate of drug-likeness (QED) is 0.880. The van der Waals surface area contributed by atoms with Crippen molar-refractivity contribution in [1.82, 2.24) is 0 Å². The van der Waals surface area contributed by atoms with E-state index in [1.54, 1.807) is 0 Å². The van der Waals surface area contributed by atoms with Crippen molar-refractivity contribution in [3.05, 3.63) is 34.9 Å². The second kappa shape index (κ2) is 4.92. The summed E-state index contributed by atoms with van der Waals surface area (Å²) >= 11 is 0. The van der Waals surface area contributed by atoms with Crippen LogP contribution in [0.5, 0.6) is 0 Å². The van der Waals surface area contributed by atoms with Crippen LogP contribution in [-0.2, 0) is 19.0 Å². The summed E-state index contributed by atoms with van der Waals surface area (Å²) in [6.45, 7) is 1.87. The average Bonchev–Trinajstić information content (AvgIpc) is 2.25. The van der Waals surface area contributed by atoms with Gasteiger partial charge in [0.1, 0.15) is 0 Å². The fourth-order valence-electron chi connectivity index (χ4n) is 2.54. The van der Waals surface area contributed by atoms with E-state index in [2.05, 4.69) is 0 Å². The minimum atomic E-state index is -4.25. The Kier molecular flexibility index (Phi) is 3.66. The molecule has 2 N–H and O–H groups in total. The molecule has 1 saturated carbocycles. The van der Waals surface area contributed by atoms with Gasteiger partial charge in [0, 0.05) is 6.04 Å². The minimum Gasteiger partial charge on any atom is -0.328 e. The molecule has 0 amide bonds. The molecule has 1 aromatic carbocycles. The van der Waals surface area contributed by atoms with Crippen LogP contribution in [0.4, 0.5) is 13.2 Å². The monoisotopic (exact) mass is 257 g/mol. The second-order valence-corrected chi connectivity index (χ2v) is 5.19.